The Morgan fingerprint density at radius 2 is 1.76 bits per heavy atom. The minimum absolute atomic E-state index is 0.274. The zero-order valence-electron chi connectivity index (χ0n) is 10.1. The van der Waals surface area contributed by atoms with Crippen molar-refractivity contribution in [3.05, 3.63) is 35.9 Å². The molecular weight excluding hydrogens is 210 g/mol. The van der Waals surface area contributed by atoms with Gasteiger partial charge in [-0.15, -0.1) is 0 Å². The predicted molar refractivity (Wildman–Crippen MR) is 67.7 cm³/mol. The highest BCUT2D eigenvalue weighted by Gasteiger charge is 2.45. The van der Waals surface area contributed by atoms with E-state index >= 15 is 0 Å². The highest BCUT2D eigenvalue weighted by molar-refractivity contribution is 5.83. The van der Waals surface area contributed by atoms with Crippen LogP contribution in [0.3, 0.4) is 0 Å². The lowest BCUT2D eigenvalue weighted by atomic mass is 10.1. The molecule has 1 heterocycles. The summed E-state index contributed by atoms with van der Waals surface area (Å²) in [5.74, 6) is 1.17. The zero-order chi connectivity index (χ0) is 11.7. The molecule has 1 saturated heterocycles. The molecular formula is C15H19NO. The molecule has 2 atom stereocenters. The van der Waals surface area contributed by atoms with Crippen LogP contribution in [0.1, 0.15) is 37.2 Å². The Kier molecular flexibility index (Phi) is 2.87. The van der Waals surface area contributed by atoms with E-state index in [2.05, 4.69) is 29.2 Å². The minimum Gasteiger partial charge on any atom is -0.342 e. The molecule has 3 rings (SSSR count). The molecule has 2 nitrogen and oxygen atoms in total. The smallest absolute Gasteiger partial charge is 0.226 e. The van der Waals surface area contributed by atoms with Crippen molar-refractivity contribution >= 4 is 5.91 Å². The van der Waals surface area contributed by atoms with Crippen LogP contribution in [-0.4, -0.2) is 23.9 Å². The fourth-order valence-electron chi connectivity index (χ4n) is 2.89. The zero-order valence-corrected chi connectivity index (χ0v) is 10.1. The molecule has 0 bridgehead atoms. The maximum Gasteiger partial charge on any atom is 0.226 e. The third-order valence-electron chi connectivity index (χ3n) is 4.00. The van der Waals surface area contributed by atoms with E-state index in [0.29, 0.717) is 11.8 Å². The van der Waals surface area contributed by atoms with Gasteiger partial charge >= 0.3 is 0 Å². The lowest BCUT2D eigenvalue weighted by Crippen LogP contribution is -2.36. The van der Waals surface area contributed by atoms with Crippen molar-refractivity contribution < 1.29 is 4.79 Å². The van der Waals surface area contributed by atoms with Gasteiger partial charge in [-0.1, -0.05) is 30.3 Å². The van der Waals surface area contributed by atoms with Crippen molar-refractivity contribution in [2.75, 3.05) is 13.1 Å². The third kappa shape index (κ3) is 2.21. The van der Waals surface area contributed by atoms with Gasteiger partial charge in [0.15, 0.2) is 0 Å². The normalized spacial score (nSPS) is 27.9. The first-order valence-electron chi connectivity index (χ1n) is 6.70. The minimum atomic E-state index is 0.274. The Morgan fingerprint density at radius 1 is 1.06 bits per heavy atom. The summed E-state index contributed by atoms with van der Waals surface area (Å²) in [6.07, 6.45) is 4.72. The molecule has 0 aromatic heterocycles. The molecule has 1 saturated carbocycles. The highest BCUT2D eigenvalue weighted by Crippen LogP contribution is 2.48. The number of nitrogens with zero attached hydrogens (tertiary/aromatic N) is 1. The largest absolute Gasteiger partial charge is 0.342 e. The summed E-state index contributed by atoms with van der Waals surface area (Å²) in [5, 5.41) is 0. The molecule has 0 spiro atoms. The van der Waals surface area contributed by atoms with Crippen LogP contribution in [0.25, 0.3) is 0 Å². The van der Waals surface area contributed by atoms with E-state index < -0.39 is 0 Å². The van der Waals surface area contributed by atoms with E-state index in [1.807, 2.05) is 6.07 Å². The first kappa shape index (κ1) is 10.8. The van der Waals surface area contributed by atoms with Crippen LogP contribution in [0.4, 0.5) is 0 Å². The SMILES string of the molecule is O=C([C@@H]1C[C@H]1c1ccccc1)N1CCCCC1. The number of hydrogen-bond donors (Lipinski definition) is 0. The van der Waals surface area contributed by atoms with Gasteiger partial charge in [0.1, 0.15) is 0 Å². The number of benzene rings is 1. The first-order valence-corrected chi connectivity index (χ1v) is 6.70. The first-order chi connectivity index (χ1) is 8.36. The van der Waals surface area contributed by atoms with Gasteiger partial charge in [0.2, 0.25) is 5.91 Å². The van der Waals surface area contributed by atoms with Crippen molar-refractivity contribution in [2.45, 2.75) is 31.6 Å². The average Bonchev–Trinajstić information content (AvgIpc) is 3.20. The molecule has 2 fully saturated rings. The van der Waals surface area contributed by atoms with E-state index in [1.54, 1.807) is 0 Å². The van der Waals surface area contributed by atoms with Crippen molar-refractivity contribution in [1.29, 1.82) is 0 Å². The Morgan fingerprint density at radius 3 is 2.47 bits per heavy atom. The van der Waals surface area contributed by atoms with Gasteiger partial charge in [-0.3, -0.25) is 4.79 Å². The Labute approximate surface area is 103 Å². The summed E-state index contributed by atoms with van der Waals surface area (Å²) in [6, 6.07) is 10.5. The molecule has 0 unspecified atom stereocenters. The van der Waals surface area contributed by atoms with Crippen molar-refractivity contribution in [1.82, 2.24) is 4.90 Å². The van der Waals surface area contributed by atoms with Crippen LogP contribution < -0.4 is 0 Å². The van der Waals surface area contributed by atoms with Gasteiger partial charge in [0.25, 0.3) is 0 Å². The number of amides is 1. The highest BCUT2D eigenvalue weighted by atomic mass is 16.2. The van der Waals surface area contributed by atoms with Gasteiger partial charge in [-0.2, -0.15) is 0 Å². The van der Waals surface area contributed by atoms with E-state index in [9.17, 15) is 4.79 Å². The van der Waals surface area contributed by atoms with Gasteiger partial charge in [-0.05, 0) is 37.2 Å². The van der Waals surface area contributed by atoms with Gasteiger partial charge in [0.05, 0.1) is 0 Å². The van der Waals surface area contributed by atoms with Crippen LogP contribution in [0.5, 0.6) is 0 Å². The van der Waals surface area contributed by atoms with Crippen LogP contribution in [-0.2, 0) is 4.79 Å². The summed E-state index contributed by atoms with van der Waals surface area (Å²) in [6.45, 7) is 1.97. The second-order valence-electron chi connectivity index (χ2n) is 5.25. The number of likely N-dealkylation sites (tertiary alicyclic amines) is 1. The summed E-state index contributed by atoms with van der Waals surface area (Å²) in [5.41, 5.74) is 1.34. The number of piperidine rings is 1. The maximum absolute atomic E-state index is 12.3. The van der Waals surface area contributed by atoms with E-state index in [1.165, 1.54) is 24.8 Å². The number of carbonyl (C=O) groups is 1. The quantitative estimate of drug-likeness (QED) is 0.763. The summed E-state index contributed by atoms with van der Waals surface area (Å²) < 4.78 is 0. The Bertz CT molecular complexity index is 395. The molecule has 90 valence electrons. The van der Waals surface area contributed by atoms with Crippen LogP contribution in [0.15, 0.2) is 30.3 Å². The number of hydrogen-bond acceptors (Lipinski definition) is 1. The van der Waals surface area contributed by atoms with Gasteiger partial charge in [0, 0.05) is 19.0 Å². The van der Waals surface area contributed by atoms with E-state index in [0.717, 1.165) is 19.5 Å². The van der Waals surface area contributed by atoms with Crippen molar-refractivity contribution in [3.8, 4) is 0 Å². The topological polar surface area (TPSA) is 20.3 Å². The molecule has 0 radical (unpaired) electrons. The standard InChI is InChI=1S/C15H19NO/c17-15(16-9-5-2-6-10-16)14-11-13(14)12-7-3-1-4-8-12/h1,3-4,7-8,13-14H,2,5-6,9-11H2/t13-,14+/m0/s1. The molecule has 17 heavy (non-hydrogen) atoms. The average molecular weight is 229 g/mol. The summed E-state index contributed by atoms with van der Waals surface area (Å²) >= 11 is 0. The molecule has 1 aliphatic carbocycles. The van der Waals surface area contributed by atoms with Gasteiger partial charge < -0.3 is 4.90 Å². The molecule has 1 amide bonds. The Hall–Kier alpha value is -1.31. The fourth-order valence-corrected chi connectivity index (χ4v) is 2.89. The van der Waals surface area contributed by atoms with Crippen molar-refractivity contribution in [2.24, 2.45) is 5.92 Å². The number of carbonyl (C=O) groups excluding carboxylic acids is 1. The van der Waals surface area contributed by atoms with Crippen molar-refractivity contribution in [3.63, 3.8) is 0 Å². The molecule has 2 heteroatoms. The lowest BCUT2D eigenvalue weighted by molar-refractivity contribution is -0.133. The maximum atomic E-state index is 12.3. The lowest BCUT2D eigenvalue weighted by Gasteiger charge is -2.26. The monoisotopic (exact) mass is 229 g/mol. The van der Waals surface area contributed by atoms with Gasteiger partial charge in [-0.25, -0.2) is 0 Å². The summed E-state index contributed by atoms with van der Waals surface area (Å²) in [7, 11) is 0. The van der Waals surface area contributed by atoms with E-state index in [-0.39, 0.29) is 5.92 Å². The Balaban J connectivity index is 1.62. The molecule has 2 aliphatic rings. The molecule has 1 aromatic rings. The molecule has 1 aromatic carbocycles. The van der Waals surface area contributed by atoms with Crippen LogP contribution >= 0.6 is 0 Å². The molecule has 1 aliphatic heterocycles. The third-order valence-corrected chi connectivity index (χ3v) is 4.00. The number of rotatable bonds is 2. The van der Waals surface area contributed by atoms with Crippen LogP contribution in [0, 0.1) is 5.92 Å². The summed E-state index contributed by atoms with van der Waals surface area (Å²) in [4.78, 5) is 14.4. The second kappa shape index (κ2) is 4.52. The second-order valence-corrected chi connectivity index (χ2v) is 5.25. The predicted octanol–water partition coefficient (Wildman–Crippen LogP) is 2.80. The van der Waals surface area contributed by atoms with E-state index in [4.69, 9.17) is 0 Å². The fraction of sp³-hybridized carbons (Fsp3) is 0.533. The molecule has 0 N–H and O–H groups in total. The van der Waals surface area contributed by atoms with Crippen LogP contribution in [0.2, 0.25) is 0 Å².